The molecule has 0 radical (unpaired) electrons. The van der Waals surface area contributed by atoms with Crippen LogP contribution < -0.4 is 16.8 Å². The molecule has 0 aliphatic heterocycles. The molecule has 0 heterocycles. The van der Waals surface area contributed by atoms with Crippen LogP contribution in [-0.4, -0.2) is 28.4 Å². The number of primary amides is 1. The maximum Gasteiger partial charge on any atom is 0.234 e. The fraction of sp³-hybridized carbons (Fsp3) is 0.786. The summed E-state index contributed by atoms with van der Waals surface area (Å²) in [6.45, 7) is 7.28. The van der Waals surface area contributed by atoms with Gasteiger partial charge < -0.3 is 22.0 Å². The summed E-state index contributed by atoms with van der Waals surface area (Å²) in [6.07, 6.45) is 2.37. The van der Waals surface area contributed by atoms with Crippen LogP contribution in [0.2, 0.25) is 0 Å². The molecule has 2 amide bonds. The number of carbonyl (C=O) groups is 2. The molecule has 21 heavy (non-hydrogen) atoms. The van der Waals surface area contributed by atoms with Crippen LogP contribution in [0.1, 0.15) is 59.8 Å². The van der Waals surface area contributed by atoms with Gasteiger partial charge in [0, 0.05) is 12.0 Å². The number of nitrogens with one attached hydrogen (secondary N) is 1. The maximum absolute atomic E-state index is 12.7. The van der Waals surface area contributed by atoms with Crippen LogP contribution >= 0.6 is 0 Å². The summed E-state index contributed by atoms with van der Waals surface area (Å²) in [7, 11) is 0. The number of hydrogen-bond donors (Lipinski definition) is 4. The fourth-order valence-corrected chi connectivity index (χ4v) is 2.58. The highest BCUT2D eigenvalue weighted by Gasteiger charge is 2.43. The Kier molecular flexibility index (Phi) is 7.18. The molecular formula is C14H28N4O3. The van der Waals surface area contributed by atoms with Crippen LogP contribution in [0.4, 0.5) is 0 Å². The average Bonchev–Trinajstić information content (AvgIpc) is 2.34. The van der Waals surface area contributed by atoms with E-state index in [1.807, 2.05) is 13.8 Å². The Balaban J connectivity index is 5.42. The van der Waals surface area contributed by atoms with Gasteiger partial charge in [-0.25, -0.2) is 0 Å². The number of nitrogens with two attached hydrogens (primary N) is 2. The van der Waals surface area contributed by atoms with Crippen molar-refractivity contribution in [1.29, 1.82) is 0 Å². The third kappa shape index (κ3) is 5.24. The average molecular weight is 300 g/mol. The van der Waals surface area contributed by atoms with Crippen molar-refractivity contribution in [3.05, 3.63) is 0 Å². The van der Waals surface area contributed by atoms with Crippen LogP contribution in [0.5, 0.6) is 0 Å². The molecule has 0 fully saturated rings. The Labute approximate surface area is 126 Å². The smallest absolute Gasteiger partial charge is 0.234 e. The van der Waals surface area contributed by atoms with Crippen molar-refractivity contribution in [2.24, 2.45) is 22.0 Å². The van der Waals surface area contributed by atoms with Crippen molar-refractivity contribution in [2.75, 3.05) is 0 Å². The van der Waals surface area contributed by atoms with Crippen LogP contribution in [0.15, 0.2) is 5.16 Å². The number of oxime groups is 1. The maximum atomic E-state index is 12.7. The summed E-state index contributed by atoms with van der Waals surface area (Å²) >= 11 is 0. The van der Waals surface area contributed by atoms with Gasteiger partial charge in [0.2, 0.25) is 11.8 Å². The number of amides is 2. The van der Waals surface area contributed by atoms with Crippen molar-refractivity contribution in [3.8, 4) is 0 Å². The molecule has 0 aliphatic carbocycles. The van der Waals surface area contributed by atoms with E-state index in [1.54, 1.807) is 13.8 Å². The molecule has 0 aromatic heterocycles. The topological polar surface area (TPSA) is 131 Å². The highest BCUT2D eigenvalue weighted by atomic mass is 16.4. The van der Waals surface area contributed by atoms with Crippen molar-refractivity contribution in [2.45, 2.75) is 65.3 Å². The van der Waals surface area contributed by atoms with E-state index in [1.165, 1.54) is 0 Å². The van der Waals surface area contributed by atoms with Gasteiger partial charge in [-0.3, -0.25) is 9.59 Å². The van der Waals surface area contributed by atoms with Crippen LogP contribution in [0.25, 0.3) is 0 Å². The molecule has 0 aromatic carbocycles. The highest BCUT2D eigenvalue weighted by molar-refractivity contribution is 6.07. The van der Waals surface area contributed by atoms with Crippen LogP contribution in [-0.2, 0) is 9.59 Å². The first-order valence-electron chi connectivity index (χ1n) is 7.24. The SMILES string of the molecule is CCCC(CCC)(C(=O)NC(C)(C)CC(N)=O)C(N)=NO. The number of rotatable bonds is 9. The second kappa shape index (κ2) is 7.85. The van der Waals surface area contributed by atoms with Gasteiger partial charge in [0.05, 0.1) is 0 Å². The first-order chi connectivity index (χ1) is 9.65. The lowest BCUT2D eigenvalue weighted by atomic mass is 9.76. The van der Waals surface area contributed by atoms with Crippen molar-refractivity contribution < 1.29 is 14.8 Å². The molecular weight excluding hydrogens is 272 g/mol. The second-order valence-electron chi connectivity index (χ2n) is 6.05. The van der Waals surface area contributed by atoms with Gasteiger partial charge in [-0.2, -0.15) is 0 Å². The summed E-state index contributed by atoms with van der Waals surface area (Å²) in [4.78, 5) is 23.8. The van der Waals surface area contributed by atoms with E-state index in [9.17, 15) is 9.59 Å². The Morgan fingerprint density at radius 2 is 1.62 bits per heavy atom. The Bertz CT molecular complexity index is 399. The molecule has 0 unspecified atom stereocenters. The van der Waals surface area contributed by atoms with E-state index in [0.717, 1.165) is 0 Å². The summed E-state index contributed by atoms with van der Waals surface area (Å²) in [5, 5.41) is 14.9. The Hall–Kier alpha value is -1.79. The van der Waals surface area contributed by atoms with Gasteiger partial charge >= 0.3 is 0 Å². The zero-order valence-corrected chi connectivity index (χ0v) is 13.4. The Morgan fingerprint density at radius 3 is 1.95 bits per heavy atom. The van der Waals surface area contributed by atoms with Crippen LogP contribution in [0, 0.1) is 5.41 Å². The molecule has 122 valence electrons. The minimum atomic E-state index is -1.06. The van der Waals surface area contributed by atoms with Crippen molar-refractivity contribution in [3.63, 3.8) is 0 Å². The highest BCUT2D eigenvalue weighted by Crippen LogP contribution is 2.31. The van der Waals surface area contributed by atoms with E-state index in [-0.39, 0.29) is 18.2 Å². The quantitative estimate of drug-likeness (QED) is 0.220. The fourth-order valence-electron chi connectivity index (χ4n) is 2.58. The van der Waals surface area contributed by atoms with E-state index >= 15 is 0 Å². The summed E-state index contributed by atoms with van der Waals surface area (Å²) in [5.74, 6) is -0.938. The summed E-state index contributed by atoms with van der Waals surface area (Å²) < 4.78 is 0. The summed E-state index contributed by atoms with van der Waals surface area (Å²) in [6, 6.07) is 0. The molecule has 6 N–H and O–H groups in total. The molecule has 0 spiro atoms. The van der Waals surface area contributed by atoms with E-state index < -0.39 is 16.9 Å². The molecule has 0 aliphatic rings. The van der Waals surface area contributed by atoms with Crippen molar-refractivity contribution >= 4 is 17.6 Å². The van der Waals surface area contributed by atoms with E-state index in [2.05, 4.69) is 10.5 Å². The number of nitrogens with zero attached hydrogens (tertiary/aromatic N) is 1. The van der Waals surface area contributed by atoms with Gasteiger partial charge in [-0.05, 0) is 26.7 Å². The first-order valence-corrected chi connectivity index (χ1v) is 7.24. The monoisotopic (exact) mass is 300 g/mol. The Morgan fingerprint density at radius 1 is 1.14 bits per heavy atom. The lowest BCUT2D eigenvalue weighted by molar-refractivity contribution is -0.130. The summed E-state index contributed by atoms with van der Waals surface area (Å²) in [5.41, 5.74) is 9.13. The van der Waals surface area contributed by atoms with Gasteiger partial charge in [0.1, 0.15) is 5.41 Å². The predicted molar refractivity (Wildman–Crippen MR) is 81.7 cm³/mol. The molecule has 0 rings (SSSR count). The zero-order valence-electron chi connectivity index (χ0n) is 13.4. The van der Waals surface area contributed by atoms with Crippen molar-refractivity contribution in [1.82, 2.24) is 5.32 Å². The predicted octanol–water partition coefficient (Wildman–Crippen LogP) is 1.09. The third-order valence-electron chi connectivity index (χ3n) is 3.45. The lowest BCUT2D eigenvalue weighted by Gasteiger charge is -2.35. The van der Waals surface area contributed by atoms with E-state index in [0.29, 0.717) is 25.7 Å². The van der Waals surface area contributed by atoms with Gasteiger partial charge in [0.25, 0.3) is 0 Å². The molecule has 0 aromatic rings. The molecule has 0 saturated carbocycles. The molecule has 7 heteroatoms. The third-order valence-corrected chi connectivity index (χ3v) is 3.45. The van der Waals surface area contributed by atoms with Gasteiger partial charge in [0.15, 0.2) is 5.84 Å². The largest absolute Gasteiger partial charge is 0.409 e. The lowest BCUT2D eigenvalue weighted by Crippen LogP contribution is -2.56. The van der Waals surface area contributed by atoms with Gasteiger partial charge in [-0.15, -0.1) is 0 Å². The normalized spacial score (nSPS) is 13.0. The first kappa shape index (κ1) is 19.2. The minimum Gasteiger partial charge on any atom is -0.409 e. The van der Waals surface area contributed by atoms with E-state index in [4.69, 9.17) is 16.7 Å². The van der Waals surface area contributed by atoms with Gasteiger partial charge in [-0.1, -0.05) is 31.8 Å². The molecule has 0 atom stereocenters. The molecule has 7 nitrogen and oxygen atoms in total. The molecule has 0 bridgehead atoms. The standard InChI is InChI=1S/C14H28N4O3/c1-5-7-14(8-6-2,11(16)18-21)12(20)17-13(3,4)9-10(15)19/h21H,5-9H2,1-4H3,(H2,15,19)(H2,16,18)(H,17,20). The number of carbonyl (C=O) groups excluding carboxylic acids is 2. The molecule has 0 saturated heterocycles. The number of amidine groups is 1. The van der Waals surface area contributed by atoms with Crippen LogP contribution in [0.3, 0.4) is 0 Å². The minimum absolute atomic E-state index is 0.0171. The zero-order chi connectivity index (χ0) is 16.7. The number of hydrogen-bond acceptors (Lipinski definition) is 4. The second-order valence-corrected chi connectivity index (χ2v) is 6.05.